The highest BCUT2D eigenvalue weighted by Crippen LogP contribution is 2.57. The third-order valence-corrected chi connectivity index (χ3v) is 6.75. The molecule has 4 saturated carbocycles. The molecule has 0 amide bonds. The van der Waals surface area contributed by atoms with Gasteiger partial charge in [-0.05, 0) is 80.6 Å². The highest BCUT2D eigenvalue weighted by Gasteiger charge is 2.53. The third-order valence-electron chi connectivity index (χ3n) is 6.37. The van der Waals surface area contributed by atoms with Crippen molar-refractivity contribution in [2.24, 2.45) is 17.8 Å². The maximum atomic E-state index is 5.76. The number of nitrogens with zero attached hydrogens (tertiary/aromatic N) is 1. The number of anilines is 1. The Morgan fingerprint density at radius 1 is 1.13 bits per heavy atom. The fourth-order valence-electron chi connectivity index (χ4n) is 5.64. The summed E-state index contributed by atoms with van der Waals surface area (Å²) in [5.74, 6) is 3.63. The second-order valence-electron chi connectivity index (χ2n) is 7.83. The summed E-state index contributed by atoms with van der Waals surface area (Å²) in [4.78, 5) is 2.37. The van der Waals surface area contributed by atoms with Crippen molar-refractivity contribution in [1.29, 1.82) is 0 Å². The van der Waals surface area contributed by atoms with Crippen LogP contribution in [0.4, 0.5) is 5.69 Å². The zero-order chi connectivity index (χ0) is 16.0. The van der Waals surface area contributed by atoms with Crippen LogP contribution in [0.2, 0.25) is 0 Å². The summed E-state index contributed by atoms with van der Waals surface area (Å²) in [6.07, 6.45) is 8.34. The number of para-hydroxylation sites is 2. The maximum absolute atomic E-state index is 5.76. The number of ether oxygens (including phenoxy) is 1. The van der Waals surface area contributed by atoms with E-state index < -0.39 is 0 Å². The Hall–Kier alpha value is -1.29. The molecular formula is C19H26N2OS. The van der Waals surface area contributed by atoms with E-state index in [1.807, 2.05) is 24.3 Å². The molecule has 4 bridgehead atoms. The van der Waals surface area contributed by atoms with Crippen LogP contribution in [0.5, 0.6) is 5.75 Å². The number of benzene rings is 1. The van der Waals surface area contributed by atoms with E-state index in [-0.39, 0.29) is 0 Å². The maximum Gasteiger partial charge on any atom is 0.173 e. The van der Waals surface area contributed by atoms with Crippen molar-refractivity contribution < 1.29 is 4.74 Å². The van der Waals surface area contributed by atoms with Crippen LogP contribution in [-0.4, -0.2) is 29.7 Å². The molecule has 0 unspecified atom stereocenters. The summed E-state index contributed by atoms with van der Waals surface area (Å²) in [6.45, 7) is 0. The molecule has 1 aromatic rings. The van der Waals surface area contributed by atoms with Gasteiger partial charge in [-0.3, -0.25) is 0 Å². The SMILES string of the molecule is COc1ccccc1NC(=S)N(C)C12CC3CC(CC(C3)C1)C2. The van der Waals surface area contributed by atoms with Crippen molar-refractivity contribution in [3.8, 4) is 5.75 Å². The van der Waals surface area contributed by atoms with Crippen LogP contribution in [-0.2, 0) is 0 Å². The summed E-state index contributed by atoms with van der Waals surface area (Å²) in [6, 6.07) is 7.99. The van der Waals surface area contributed by atoms with Crippen molar-refractivity contribution >= 4 is 23.0 Å². The van der Waals surface area contributed by atoms with Gasteiger partial charge in [0.25, 0.3) is 0 Å². The highest BCUT2D eigenvalue weighted by molar-refractivity contribution is 7.80. The topological polar surface area (TPSA) is 24.5 Å². The van der Waals surface area contributed by atoms with Gasteiger partial charge in [-0.2, -0.15) is 0 Å². The molecule has 124 valence electrons. The molecule has 4 aliphatic carbocycles. The fourth-order valence-corrected chi connectivity index (χ4v) is 5.94. The molecule has 5 rings (SSSR count). The van der Waals surface area contributed by atoms with Crippen molar-refractivity contribution in [1.82, 2.24) is 4.90 Å². The summed E-state index contributed by atoms with van der Waals surface area (Å²) in [7, 11) is 3.89. The molecule has 4 heteroatoms. The molecular weight excluding hydrogens is 304 g/mol. The smallest absolute Gasteiger partial charge is 0.173 e. The number of hydrogen-bond acceptors (Lipinski definition) is 2. The van der Waals surface area contributed by atoms with E-state index in [0.717, 1.165) is 34.3 Å². The standard InChI is InChI=1S/C19H26N2OS/c1-21(18(23)20-16-5-3-4-6-17(16)22-2)19-10-13-7-14(11-19)9-15(8-13)12-19/h3-6,13-15H,7-12H2,1-2H3,(H,20,23). The van der Waals surface area contributed by atoms with E-state index in [4.69, 9.17) is 17.0 Å². The lowest BCUT2D eigenvalue weighted by Crippen LogP contribution is -2.60. The predicted octanol–water partition coefficient (Wildman–Crippen LogP) is 4.29. The number of methoxy groups -OCH3 is 1. The molecule has 0 spiro atoms. The van der Waals surface area contributed by atoms with Gasteiger partial charge in [-0.1, -0.05) is 12.1 Å². The average Bonchev–Trinajstić information content (AvgIpc) is 2.53. The molecule has 4 aliphatic rings. The second-order valence-corrected chi connectivity index (χ2v) is 8.22. The molecule has 23 heavy (non-hydrogen) atoms. The fraction of sp³-hybridized carbons (Fsp3) is 0.632. The molecule has 0 radical (unpaired) electrons. The van der Waals surface area contributed by atoms with Crippen LogP contribution in [0.3, 0.4) is 0 Å². The van der Waals surface area contributed by atoms with Crippen LogP contribution < -0.4 is 10.1 Å². The van der Waals surface area contributed by atoms with Crippen LogP contribution in [0.15, 0.2) is 24.3 Å². The van der Waals surface area contributed by atoms with Gasteiger partial charge in [0.1, 0.15) is 5.75 Å². The summed E-state index contributed by atoms with van der Waals surface area (Å²) in [5, 5.41) is 4.25. The van der Waals surface area contributed by atoms with Crippen molar-refractivity contribution in [3.63, 3.8) is 0 Å². The normalized spacial score (nSPS) is 34.3. The molecule has 0 saturated heterocycles. The first-order valence-electron chi connectivity index (χ1n) is 8.77. The van der Waals surface area contributed by atoms with Crippen molar-refractivity contribution in [2.45, 2.75) is 44.1 Å². The molecule has 4 fully saturated rings. The molecule has 3 nitrogen and oxygen atoms in total. The van der Waals surface area contributed by atoms with Gasteiger partial charge in [-0.25, -0.2) is 0 Å². The zero-order valence-corrected chi connectivity index (χ0v) is 14.9. The summed E-state index contributed by atoms with van der Waals surface area (Å²) < 4.78 is 5.43. The van der Waals surface area contributed by atoms with E-state index in [9.17, 15) is 0 Å². The lowest BCUT2D eigenvalue weighted by Gasteiger charge is -2.60. The molecule has 0 aliphatic heterocycles. The van der Waals surface area contributed by atoms with Gasteiger partial charge in [0.2, 0.25) is 0 Å². The minimum atomic E-state index is 0.293. The minimum Gasteiger partial charge on any atom is -0.495 e. The van der Waals surface area contributed by atoms with E-state index in [2.05, 4.69) is 17.3 Å². The number of thiocarbonyl (C=S) groups is 1. The predicted molar refractivity (Wildman–Crippen MR) is 97.9 cm³/mol. The van der Waals surface area contributed by atoms with E-state index in [1.165, 1.54) is 38.5 Å². The Balaban J connectivity index is 1.52. The van der Waals surface area contributed by atoms with Gasteiger partial charge >= 0.3 is 0 Å². The Bertz CT molecular complexity index is 580. The van der Waals surface area contributed by atoms with Gasteiger partial charge in [0.05, 0.1) is 12.8 Å². The van der Waals surface area contributed by atoms with Crippen molar-refractivity contribution in [2.75, 3.05) is 19.5 Å². The van der Waals surface area contributed by atoms with Gasteiger partial charge in [0, 0.05) is 12.6 Å². The molecule has 0 aromatic heterocycles. The third kappa shape index (κ3) is 2.61. The van der Waals surface area contributed by atoms with Gasteiger partial charge in [0.15, 0.2) is 5.11 Å². The highest BCUT2D eigenvalue weighted by atomic mass is 32.1. The largest absolute Gasteiger partial charge is 0.495 e. The summed E-state index contributed by atoms with van der Waals surface area (Å²) >= 11 is 5.76. The zero-order valence-electron chi connectivity index (χ0n) is 14.0. The van der Waals surface area contributed by atoms with Crippen molar-refractivity contribution in [3.05, 3.63) is 24.3 Å². The quantitative estimate of drug-likeness (QED) is 0.836. The average molecular weight is 330 g/mol. The first-order valence-corrected chi connectivity index (χ1v) is 9.18. The first-order chi connectivity index (χ1) is 11.1. The number of rotatable bonds is 3. The van der Waals surface area contributed by atoms with Gasteiger partial charge < -0.3 is 15.0 Å². The van der Waals surface area contributed by atoms with E-state index in [1.54, 1.807) is 7.11 Å². The van der Waals surface area contributed by atoms with Crippen LogP contribution >= 0.6 is 12.2 Å². The Labute approximate surface area is 144 Å². The van der Waals surface area contributed by atoms with Gasteiger partial charge in [-0.15, -0.1) is 0 Å². The number of hydrogen-bond donors (Lipinski definition) is 1. The Morgan fingerprint density at radius 2 is 1.70 bits per heavy atom. The lowest BCUT2D eigenvalue weighted by atomic mass is 9.52. The van der Waals surface area contributed by atoms with Crippen LogP contribution in [0.1, 0.15) is 38.5 Å². The number of nitrogens with one attached hydrogen (secondary N) is 1. The Kier molecular flexibility index (Phi) is 3.75. The Morgan fingerprint density at radius 3 is 2.26 bits per heavy atom. The molecule has 1 aromatic carbocycles. The summed E-state index contributed by atoms with van der Waals surface area (Å²) in [5.41, 5.74) is 1.25. The molecule has 1 N–H and O–H groups in total. The first kappa shape index (κ1) is 15.3. The van der Waals surface area contributed by atoms with Crippen LogP contribution in [0, 0.1) is 17.8 Å². The monoisotopic (exact) mass is 330 g/mol. The lowest BCUT2D eigenvalue weighted by molar-refractivity contribution is -0.0538. The minimum absolute atomic E-state index is 0.293. The molecule has 0 heterocycles. The second kappa shape index (κ2) is 5.66. The van der Waals surface area contributed by atoms with E-state index >= 15 is 0 Å². The van der Waals surface area contributed by atoms with E-state index in [0.29, 0.717) is 5.54 Å². The molecule has 0 atom stereocenters. The van der Waals surface area contributed by atoms with Crippen LogP contribution in [0.25, 0.3) is 0 Å².